The number of nitrogens with one attached hydrogen (secondary N) is 1. The summed E-state index contributed by atoms with van der Waals surface area (Å²) in [6.45, 7) is 3.60. The third-order valence-corrected chi connectivity index (χ3v) is 4.22. The van der Waals surface area contributed by atoms with Crippen LogP contribution in [0, 0.1) is 0 Å². The molecule has 0 saturated heterocycles. The van der Waals surface area contributed by atoms with Crippen LogP contribution in [0.5, 0.6) is 5.75 Å². The van der Waals surface area contributed by atoms with Gasteiger partial charge < -0.3 is 10.1 Å². The zero-order chi connectivity index (χ0) is 18.7. The number of benzene rings is 2. The molecule has 0 saturated carbocycles. The molecule has 2 amide bonds. The van der Waals surface area contributed by atoms with Gasteiger partial charge in [-0.1, -0.05) is 30.3 Å². The Morgan fingerprint density at radius 3 is 2.54 bits per heavy atom. The Morgan fingerprint density at radius 2 is 1.81 bits per heavy atom. The first-order chi connectivity index (χ1) is 12.5. The molecule has 0 fully saturated rings. The average molecular weight is 352 g/mol. The van der Waals surface area contributed by atoms with Crippen molar-refractivity contribution in [1.82, 2.24) is 5.32 Å². The topological polar surface area (TPSA) is 75.7 Å². The number of fused-ring (bicyclic) bond motifs is 1. The summed E-state index contributed by atoms with van der Waals surface area (Å²) < 4.78 is 5.17. The Labute approximate surface area is 151 Å². The van der Waals surface area contributed by atoms with Crippen molar-refractivity contribution in [3.8, 4) is 5.75 Å². The maximum atomic E-state index is 13.3. The number of anilines is 1. The molecule has 6 nitrogen and oxygen atoms in total. The minimum Gasteiger partial charge on any atom is -0.426 e. The van der Waals surface area contributed by atoms with Crippen molar-refractivity contribution >= 4 is 23.5 Å². The van der Waals surface area contributed by atoms with E-state index < -0.39 is 12.0 Å². The lowest BCUT2D eigenvalue weighted by atomic mass is 10.1. The summed E-state index contributed by atoms with van der Waals surface area (Å²) in [6, 6.07) is 13.4. The highest BCUT2D eigenvalue weighted by Gasteiger charge is 2.39. The fourth-order valence-corrected chi connectivity index (χ4v) is 3.16. The lowest BCUT2D eigenvalue weighted by Crippen LogP contribution is -2.48. The summed E-state index contributed by atoms with van der Waals surface area (Å²) >= 11 is 0. The minimum atomic E-state index is -0.634. The Balaban J connectivity index is 2.03. The molecule has 1 aliphatic heterocycles. The second-order valence-corrected chi connectivity index (χ2v) is 6.01. The molecule has 0 radical (unpaired) electrons. The van der Waals surface area contributed by atoms with E-state index in [4.69, 9.17) is 4.74 Å². The van der Waals surface area contributed by atoms with Crippen molar-refractivity contribution in [2.45, 2.75) is 26.3 Å². The Morgan fingerprint density at radius 1 is 1.12 bits per heavy atom. The number of likely N-dealkylation sites (N-methyl/N-ethyl adjacent to an activating group) is 1. The highest BCUT2D eigenvalue weighted by Crippen LogP contribution is 2.34. The van der Waals surface area contributed by atoms with E-state index >= 15 is 0 Å². The Kier molecular flexibility index (Phi) is 5.02. The van der Waals surface area contributed by atoms with E-state index in [-0.39, 0.29) is 23.1 Å². The molecule has 6 heteroatoms. The van der Waals surface area contributed by atoms with Crippen LogP contribution in [0.1, 0.15) is 29.8 Å². The summed E-state index contributed by atoms with van der Waals surface area (Å²) in [6.07, 6.45) is 0.448. The van der Waals surface area contributed by atoms with Gasteiger partial charge in [-0.2, -0.15) is 0 Å². The molecule has 0 spiro atoms. The number of ether oxygens (including phenoxy) is 1. The van der Waals surface area contributed by atoms with Crippen molar-refractivity contribution < 1.29 is 19.1 Å². The Bertz CT molecular complexity index is 862. The van der Waals surface area contributed by atoms with E-state index in [1.807, 2.05) is 31.2 Å². The molecule has 1 atom stereocenters. The van der Waals surface area contributed by atoms with Crippen molar-refractivity contribution in [2.75, 3.05) is 11.4 Å². The monoisotopic (exact) mass is 352 g/mol. The largest absolute Gasteiger partial charge is 0.426 e. The first-order valence-corrected chi connectivity index (χ1v) is 8.49. The van der Waals surface area contributed by atoms with Crippen molar-refractivity contribution in [3.63, 3.8) is 0 Å². The number of hydrogen-bond acceptors (Lipinski definition) is 4. The van der Waals surface area contributed by atoms with Gasteiger partial charge in [-0.3, -0.25) is 19.3 Å². The fraction of sp³-hybridized carbons (Fsp3) is 0.250. The number of amides is 2. The number of rotatable bonds is 4. The second kappa shape index (κ2) is 7.39. The number of carbonyl (C=O) groups is 3. The van der Waals surface area contributed by atoms with Crippen LogP contribution in [0.4, 0.5) is 5.69 Å². The van der Waals surface area contributed by atoms with Gasteiger partial charge in [0.05, 0.1) is 5.56 Å². The van der Waals surface area contributed by atoms with Crippen LogP contribution in [0.15, 0.2) is 48.5 Å². The standard InChI is InChI=1S/C20H20N2O4/c1-3-21-19(24)17-12-14-8-4-6-10-16(14)22(17)20(25)15-9-5-7-11-18(15)26-13(2)23/h4-11,17H,3,12H2,1-2H3,(H,21,24). The number of carbonyl (C=O) groups excluding carboxylic acids is 3. The van der Waals surface area contributed by atoms with Gasteiger partial charge in [0, 0.05) is 25.6 Å². The summed E-state index contributed by atoms with van der Waals surface area (Å²) in [4.78, 5) is 38.7. The fourth-order valence-electron chi connectivity index (χ4n) is 3.16. The molecule has 1 N–H and O–H groups in total. The van der Waals surface area contributed by atoms with Crippen LogP contribution in [0.3, 0.4) is 0 Å². The average Bonchev–Trinajstić information content (AvgIpc) is 3.01. The van der Waals surface area contributed by atoms with Gasteiger partial charge in [0.2, 0.25) is 5.91 Å². The minimum absolute atomic E-state index is 0.184. The van der Waals surface area contributed by atoms with E-state index in [2.05, 4.69) is 5.32 Å². The lowest BCUT2D eigenvalue weighted by molar-refractivity contribution is -0.132. The predicted octanol–water partition coefficient (Wildman–Crippen LogP) is 2.32. The molecular formula is C20H20N2O4. The lowest BCUT2D eigenvalue weighted by Gasteiger charge is -2.25. The highest BCUT2D eigenvalue weighted by atomic mass is 16.5. The predicted molar refractivity (Wildman–Crippen MR) is 97.2 cm³/mol. The van der Waals surface area contributed by atoms with Gasteiger partial charge in [0.15, 0.2) is 0 Å². The number of para-hydroxylation sites is 2. The molecule has 1 aliphatic rings. The maximum absolute atomic E-state index is 13.3. The SMILES string of the molecule is CCNC(=O)C1Cc2ccccc2N1C(=O)c1ccccc1OC(C)=O. The molecular weight excluding hydrogens is 332 g/mol. The van der Waals surface area contributed by atoms with Gasteiger partial charge >= 0.3 is 5.97 Å². The van der Waals surface area contributed by atoms with Crippen LogP contribution in [-0.2, 0) is 16.0 Å². The van der Waals surface area contributed by atoms with Gasteiger partial charge in [-0.25, -0.2) is 0 Å². The molecule has 1 heterocycles. The number of esters is 1. The van der Waals surface area contributed by atoms with Crippen LogP contribution in [-0.4, -0.2) is 30.4 Å². The van der Waals surface area contributed by atoms with E-state index in [1.165, 1.54) is 11.8 Å². The van der Waals surface area contributed by atoms with Gasteiger partial charge in [-0.05, 0) is 30.7 Å². The first kappa shape index (κ1) is 17.7. The molecule has 2 aromatic rings. The molecule has 134 valence electrons. The summed E-state index contributed by atoms with van der Waals surface area (Å²) in [5, 5.41) is 2.79. The van der Waals surface area contributed by atoms with Crippen LogP contribution in [0.2, 0.25) is 0 Å². The maximum Gasteiger partial charge on any atom is 0.308 e. The quantitative estimate of drug-likeness (QED) is 0.677. The second-order valence-electron chi connectivity index (χ2n) is 6.01. The van der Waals surface area contributed by atoms with Gasteiger partial charge in [0.1, 0.15) is 11.8 Å². The molecule has 0 bridgehead atoms. The van der Waals surface area contributed by atoms with E-state index in [0.717, 1.165) is 5.56 Å². The van der Waals surface area contributed by atoms with Crippen molar-refractivity contribution in [2.24, 2.45) is 0 Å². The van der Waals surface area contributed by atoms with E-state index in [0.29, 0.717) is 18.7 Å². The third-order valence-electron chi connectivity index (χ3n) is 4.22. The van der Waals surface area contributed by atoms with Crippen LogP contribution >= 0.6 is 0 Å². The molecule has 26 heavy (non-hydrogen) atoms. The van der Waals surface area contributed by atoms with E-state index in [1.54, 1.807) is 24.3 Å². The molecule has 1 unspecified atom stereocenters. The Hall–Kier alpha value is -3.15. The summed E-state index contributed by atoms with van der Waals surface area (Å²) in [7, 11) is 0. The van der Waals surface area contributed by atoms with Gasteiger partial charge in [0.25, 0.3) is 5.91 Å². The smallest absolute Gasteiger partial charge is 0.308 e. The zero-order valence-corrected chi connectivity index (χ0v) is 14.7. The first-order valence-electron chi connectivity index (χ1n) is 8.49. The summed E-state index contributed by atoms with van der Waals surface area (Å²) in [5.74, 6) is -0.901. The summed E-state index contributed by atoms with van der Waals surface area (Å²) in [5.41, 5.74) is 1.88. The molecule has 0 aromatic heterocycles. The normalized spacial score (nSPS) is 15.3. The zero-order valence-electron chi connectivity index (χ0n) is 14.7. The van der Waals surface area contributed by atoms with E-state index in [9.17, 15) is 14.4 Å². The third kappa shape index (κ3) is 3.31. The van der Waals surface area contributed by atoms with Crippen LogP contribution in [0.25, 0.3) is 0 Å². The number of hydrogen-bond donors (Lipinski definition) is 1. The van der Waals surface area contributed by atoms with Crippen molar-refractivity contribution in [1.29, 1.82) is 0 Å². The highest BCUT2D eigenvalue weighted by molar-refractivity contribution is 6.13. The molecule has 2 aromatic carbocycles. The molecule has 3 rings (SSSR count). The molecule has 0 aliphatic carbocycles. The van der Waals surface area contributed by atoms with Gasteiger partial charge in [-0.15, -0.1) is 0 Å². The van der Waals surface area contributed by atoms with Crippen LogP contribution < -0.4 is 15.0 Å². The number of nitrogens with zero attached hydrogens (tertiary/aromatic N) is 1. The van der Waals surface area contributed by atoms with Crippen molar-refractivity contribution in [3.05, 3.63) is 59.7 Å².